The van der Waals surface area contributed by atoms with Gasteiger partial charge in [-0.2, -0.15) is 5.26 Å². The number of hydrogen-bond acceptors (Lipinski definition) is 5. The van der Waals surface area contributed by atoms with Crippen molar-refractivity contribution in [2.45, 2.75) is 6.54 Å². The molecule has 6 nitrogen and oxygen atoms in total. The Balaban J connectivity index is 2.07. The predicted octanol–water partition coefficient (Wildman–Crippen LogP) is 2.37. The topological polar surface area (TPSA) is 73.0 Å². The fraction of sp³-hybridized carbons (Fsp3) is 0.188. The molecule has 110 valence electrons. The van der Waals surface area contributed by atoms with Crippen molar-refractivity contribution in [1.29, 1.82) is 5.26 Å². The van der Waals surface area contributed by atoms with Crippen LogP contribution in [0.3, 0.4) is 0 Å². The van der Waals surface area contributed by atoms with Crippen LogP contribution in [0.1, 0.15) is 11.1 Å². The summed E-state index contributed by atoms with van der Waals surface area (Å²) in [6, 6.07) is 13.3. The van der Waals surface area contributed by atoms with Gasteiger partial charge in [0, 0.05) is 12.1 Å². The molecule has 0 spiro atoms. The van der Waals surface area contributed by atoms with Crippen LogP contribution >= 0.6 is 0 Å². The van der Waals surface area contributed by atoms with Crippen LogP contribution in [0.2, 0.25) is 0 Å². The molecule has 0 aliphatic carbocycles. The molecule has 0 aliphatic heterocycles. The van der Waals surface area contributed by atoms with E-state index in [1.54, 1.807) is 31.0 Å². The highest BCUT2D eigenvalue weighted by atomic mass is 16.5. The van der Waals surface area contributed by atoms with Crippen LogP contribution in [0.15, 0.2) is 36.4 Å². The summed E-state index contributed by atoms with van der Waals surface area (Å²) in [5.74, 6) is 1.23. The quantitative estimate of drug-likeness (QED) is 0.738. The predicted molar refractivity (Wildman–Crippen MR) is 80.9 cm³/mol. The first kappa shape index (κ1) is 13.9. The van der Waals surface area contributed by atoms with Gasteiger partial charge in [-0.25, -0.2) is 4.68 Å². The molecule has 0 fully saturated rings. The van der Waals surface area contributed by atoms with Gasteiger partial charge in [-0.1, -0.05) is 23.4 Å². The highest BCUT2D eigenvalue weighted by molar-refractivity contribution is 5.79. The molecule has 0 aliphatic rings. The van der Waals surface area contributed by atoms with Gasteiger partial charge >= 0.3 is 0 Å². The van der Waals surface area contributed by atoms with Crippen molar-refractivity contribution in [3.8, 4) is 17.6 Å². The summed E-state index contributed by atoms with van der Waals surface area (Å²) >= 11 is 0. The van der Waals surface area contributed by atoms with E-state index < -0.39 is 0 Å². The first-order valence-corrected chi connectivity index (χ1v) is 6.70. The van der Waals surface area contributed by atoms with Gasteiger partial charge in [0.15, 0.2) is 11.5 Å². The van der Waals surface area contributed by atoms with Crippen molar-refractivity contribution < 1.29 is 9.47 Å². The Kier molecular flexibility index (Phi) is 3.62. The second-order valence-electron chi connectivity index (χ2n) is 4.71. The fourth-order valence-corrected chi connectivity index (χ4v) is 2.34. The average molecular weight is 294 g/mol. The number of benzene rings is 2. The summed E-state index contributed by atoms with van der Waals surface area (Å²) in [5.41, 5.74) is 3.07. The lowest BCUT2D eigenvalue weighted by atomic mass is 10.1. The van der Waals surface area contributed by atoms with E-state index in [0.29, 0.717) is 29.1 Å². The minimum atomic E-state index is 0.468. The van der Waals surface area contributed by atoms with Gasteiger partial charge in [-0.15, -0.1) is 5.10 Å². The molecule has 0 atom stereocenters. The van der Waals surface area contributed by atoms with Gasteiger partial charge in [0.25, 0.3) is 0 Å². The Morgan fingerprint density at radius 1 is 1.14 bits per heavy atom. The summed E-state index contributed by atoms with van der Waals surface area (Å²) in [6.45, 7) is 0.468. The van der Waals surface area contributed by atoms with Gasteiger partial charge in [-0.3, -0.25) is 0 Å². The lowest BCUT2D eigenvalue weighted by Crippen LogP contribution is -2.04. The zero-order valence-electron chi connectivity index (χ0n) is 12.3. The minimum Gasteiger partial charge on any atom is -0.493 e. The number of nitriles is 1. The smallest absolute Gasteiger partial charge is 0.163 e. The number of nitrogens with zero attached hydrogens (tertiary/aromatic N) is 4. The molecule has 6 heteroatoms. The van der Waals surface area contributed by atoms with Crippen LogP contribution in [0.4, 0.5) is 0 Å². The molecule has 0 unspecified atom stereocenters. The maximum absolute atomic E-state index is 9.18. The first-order chi connectivity index (χ1) is 10.8. The Morgan fingerprint density at radius 3 is 2.59 bits per heavy atom. The zero-order valence-corrected chi connectivity index (χ0v) is 12.3. The molecule has 3 rings (SSSR count). The highest BCUT2D eigenvalue weighted by Gasteiger charge is 2.12. The van der Waals surface area contributed by atoms with Crippen molar-refractivity contribution in [2.75, 3.05) is 14.2 Å². The van der Waals surface area contributed by atoms with Gasteiger partial charge in [0.2, 0.25) is 0 Å². The largest absolute Gasteiger partial charge is 0.493 e. The zero-order chi connectivity index (χ0) is 15.5. The molecule has 1 heterocycles. The molecular weight excluding hydrogens is 280 g/mol. The Bertz CT molecular complexity index is 864. The molecular formula is C16H14N4O2. The third-order valence-electron chi connectivity index (χ3n) is 3.48. The highest BCUT2D eigenvalue weighted by Crippen LogP contribution is 2.31. The van der Waals surface area contributed by atoms with E-state index in [-0.39, 0.29) is 0 Å². The number of hydrogen-bond donors (Lipinski definition) is 0. The molecule has 22 heavy (non-hydrogen) atoms. The third kappa shape index (κ3) is 2.33. The first-order valence-electron chi connectivity index (χ1n) is 6.70. The number of rotatable bonds is 4. The van der Waals surface area contributed by atoms with Crippen molar-refractivity contribution in [1.82, 2.24) is 15.0 Å². The number of aromatic nitrogens is 3. The van der Waals surface area contributed by atoms with E-state index in [4.69, 9.17) is 9.47 Å². The number of methoxy groups -OCH3 is 2. The second-order valence-corrected chi connectivity index (χ2v) is 4.71. The summed E-state index contributed by atoms with van der Waals surface area (Å²) in [7, 11) is 3.17. The molecule has 0 N–H and O–H groups in total. The van der Waals surface area contributed by atoms with E-state index >= 15 is 0 Å². The molecule has 0 amide bonds. The monoisotopic (exact) mass is 294 g/mol. The number of fused-ring (bicyclic) bond motifs is 1. The van der Waals surface area contributed by atoms with E-state index in [0.717, 1.165) is 11.1 Å². The van der Waals surface area contributed by atoms with Gasteiger partial charge in [-0.05, 0) is 11.6 Å². The molecule has 0 bridgehead atoms. The third-order valence-corrected chi connectivity index (χ3v) is 3.48. The van der Waals surface area contributed by atoms with Crippen molar-refractivity contribution in [3.05, 3.63) is 47.5 Å². The summed E-state index contributed by atoms with van der Waals surface area (Å²) in [6.07, 6.45) is 0. The normalized spacial score (nSPS) is 10.4. The van der Waals surface area contributed by atoms with Crippen molar-refractivity contribution in [3.63, 3.8) is 0 Å². The molecule has 0 saturated heterocycles. The Hall–Kier alpha value is -3.07. The summed E-state index contributed by atoms with van der Waals surface area (Å²) in [5, 5.41) is 17.5. The molecule has 0 radical (unpaired) electrons. The second kappa shape index (κ2) is 5.74. The molecule has 3 aromatic rings. The SMILES string of the molecule is COc1cc2nnn(Cc3ccccc3C#N)c2cc1OC. The van der Waals surface area contributed by atoms with Crippen LogP contribution in [-0.4, -0.2) is 29.2 Å². The van der Waals surface area contributed by atoms with E-state index in [1.807, 2.05) is 24.3 Å². The maximum Gasteiger partial charge on any atom is 0.163 e. The van der Waals surface area contributed by atoms with Crippen LogP contribution in [0.25, 0.3) is 11.0 Å². The standard InChI is InChI=1S/C16H14N4O2/c1-21-15-7-13-14(8-16(15)22-2)20(19-18-13)10-12-6-4-3-5-11(12)9-17/h3-8H,10H2,1-2H3. The van der Waals surface area contributed by atoms with Crippen LogP contribution in [0.5, 0.6) is 11.5 Å². The van der Waals surface area contributed by atoms with Crippen LogP contribution in [0, 0.1) is 11.3 Å². The van der Waals surface area contributed by atoms with Crippen molar-refractivity contribution >= 4 is 11.0 Å². The number of ether oxygens (including phenoxy) is 2. The molecule has 0 saturated carbocycles. The Morgan fingerprint density at radius 2 is 1.86 bits per heavy atom. The Labute approximate surface area is 127 Å². The molecule has 2 aromatic carbocycles. The van der Waals surface area contributed by atoms with Crippen molar-refractivity contribution in [2.24, 2.45) is 0 Å². The van der Waals surface area contributed by atoms with Crippen LogP contribution in [-0.2, 0) is 6.54 Å². The lowest BCUT2D eigenvalue weighted by Gasteiger charge is -2.08. The van der Waals surface area contributed by atoms with Gasteiger partial charge < -0.3 is 9.47 Å². The summed E-state index contributed by atoms with van der Waals surface area (Å²) < 4.78 is 12.3. The fourth-order valence-electron chi connectivity index (χ4n) is 2.34. The molecule has 1 aromatic heterocycles. The van der Waals surface area contributed by atoms with Gasteiger partial charge in [0.05, 0.1) is 37.9 Å². The average Bonchev–Trinajstić information content (AvgIpc) is 2.96. The van der Waals surface area contributed by atoms with E-state index in [9.17, 15) is 5.26 Å². The maximum atomic E-state index is 9.18. The van der Waals surface area contributed by atoms with E-state index in [1.165, 1.54) is 0 Å². The van der Waals surface area contributed by atoms with E-state index in [2.05, 4.69) is 16.4 Å². The summed E-state index contributed by atoms with van der Waals surface area (Å²) in [4.78, 5) is 0. The minimum absolute atomic E-state index is 0.468. The lowest BCUT2D eigenvalue weighted by molar-refractivity contribution is 0.355. The van der Waals surface area contributed by atoms with Gasteiger partial charge in [0.1, 0.15) is 5.52 Å². The van der Waals surface area contributed by atoms with Crippen LogP contribution < -0.4 is 9.47 Å².